The van der Waals surface area contributed by atoms with E-state index in [1.54, 1.807) is 7.11 Å². The Morgan fingerprint density at radius 3 is 2.36 bits per heavy atom. The highest BCUT2D eigenvalue weighted by Gasteiger charge is 2.23. The molecule has 1 aliphatic rings. The van der Waals surface area contributed by atoms with Gasteiger partial charge in [0.25, 0.3) is 0 Å². The molecule has 0 bridgehead atoms. The van der Waals surface area contributed by atoms with E-state index in [0.29, 0.717) is 0 Å². The number of ether oxygens (including phenoxy) is 2. The molecular formula is C8H18O3. The summed E-state index contributed by atoms with van der Waals surface area (Å²) in [4.78, 5) is 0. The highest BCUT2D eigenvalue weighted by atomic mass is 16.7. The summed E-state index contributed by atoms with van der Waals surface area (Å²) in [6.45, 7) is 4.11. The monoisotopic (exact) mass is 162 g/mol. The molecule has 1 N–H and O–H groups in total. The minimum Gasteiger partial charge on any atom is -0.394 e. The van der Waals surface area contributed by atoms with Gasteiger partial charge in [-0.3, -0.25) is 0 Å². The van der Waals surface area contributed by atoms with E-state index < -0.39 is 0 Å². The van der Waals surface area contributed by atoms with E-state index in [9.17, 15) is 0 Å². The fraction of sp³-hybridized carbons (Fsp3) is 1.00. The SMILES string of the molecule is CC.COC1CCC(CO)O1. The zero-order valence-electron chi connectivity index (χ0n) is 7.54. The van der Waals surface area contributed by atoms with Gasteiger partial charge in [0.1, 0.15) is 0 Å². The van der Waals surface area contributed by atoms with Gasteiger partial charge in [-0.15, -0.1) is 0 Å². The molecule has 0 aromatic rings. The fourth-order valence-corrected chi connectivity index (χ4v) is 0.980. The third-order valence-electron chi connectivity index (χ3n) is 1.54. The van der Waals surface area contributed by atoms with Crippen LogP contribution in [0.1, 0.15) is 26.7 Å². The van der Waals surface area contributed by atoms with Crippen molar-refractivity contribution in [3.63, 3.8) is 0 Å². The third kappa shape index (κ3) is 3.70. The average Bonchev–Trinajstić information content (AvgIpc) is 2.55. The summed E-state index contributed by atoms with van der Waals surface area (Å²) in [5.74, 6) is 0. The minimum absolute atomic E-state index is 0.00921. The van der Waals surface area contributed by atoms with Crippen LogP contribution in [0.3, 0.4) is 0 Å². The van der Waals surface area contributed by atoms with Crippen LogP contribution in [0, 0.1) is 0 Å². The highest BCUT2D eigenvalue weighted by molar-refractivity contribution is 4.65. The standard InChI is InChI=1S/C6H12O3.C2H6/c1-8-6-3-2-5(4-7)9-6;1-2/h5-7H,2-4H2,1H3;1-2H3. The van der Waals surface area contributed by atoms with Gasteiger partial charge in [-0.05, 0) is 6.42 Å². The molecule has 1 heterocycles. The van der Waals surface area contributed by atoms with Crippen molar-refractivity contribution in [3.05, 3.63) is 0 Å². The Kier molecular flexibility index (Phi) is 6.51. The Labute approximate surface area is 68.3 Å². The second-order valence-corrected chi connectivity index (χ2v) is 2.18. The lowest BCUT2D eigenvalue weighted by atomic mass is 10.2. The summed E-state index contributed by atoms with van der Waals surface area (Å²) in [7, 11) is 1.62. The zero-order valence-corrected chi connectivity index (χ0v) is 7.54. The van der Waals surface area contributed by atoms with E-state index in [1.165, 1.54) is 0 Å². The van der Waals surface area contributed by atoms with Crippen LogP contribution in [0.5, 0.6) is 0 Å². The van der Waals surface area contributed by atoms with Crippen LogP contribution < -0.4 is 0 Å². The van der Waals surface area contributed by atoms with Crippen LogP contribution in [0.4, 0.5) is 0 Å². The maximum Gasteiger partial charge on any atom is 0.157 e. The normalized spacial score (nSPS) is 29.5. The molecule has 3 heteroatoms. The van der Waals surface area contributed by atoms with Crippen molar-refractivity contribution >= 4 is 0 Å². The summed E-state index contributed by atoms with van der Waals surface area (Å²) in [6, 6.07) is 0. The van der Waals surface area contributed by atoms with Crippen LogP contribution >= 0.6 is 0 Å². The van der Waals surface area contributed by atoms with Gasteiger partial charge >= 0.3 is 0 Å². The molecule has 1 aliphatic heterocycles. The molecule has 11 heavy (non-hydrogen) atoms. The third-order valence-corrected chi connectivity index (χ3v) is 1.54. The number of methoxy groups -OCH3 is 1. The largest absolute Gasteiger partial charge is 0.394 e. The summed E-state index contributed by atoms with van der Waals surface area (Å²) >= 11 is 0. The lowest BCUT2D eigenvalue weighted by Crippen LogP contribution is -2.15. The molecule has 0 amide bonds. The summed E-state index contributed by atoms with van der Waals surface area (Å²) in [6.07, 6.45) is 1.74. The molecule has 0 aromatic heterocycles. The second-order valence-electron chi connectivity index (χ2n) is 2.18. The van der Waals surface area contributed by atoms with E-state index in [2.05, 4.69) is 0 Å². The van der Waals surface area contributed by atoms with Gasteiger partial charge in [-0.1, -0.05) is 13.8 Å². The molecule has 0 spiro atoms. The molecule has 1 saturated heterocycles. The van der Waals surface area contributed by atoms with Gasteiger partial charge in [0, 0.05) is 13.5 Å². The molecule has 1 rings (SSSR count). The van der Waals surface area contributed by atoms with Crippen molar-refractivity contribution in [1.29, 1.82) is 0 Å². The van der Waals surface area contributed by atoms with E-state index >= 15 is 0 Å². The summed E-state index contributed by atoms with van der Waals surface area (Å²) < 4.78 is 10.1. The predicted molar refractivity (Wildman–Crippen MR) is 43.3 cm³/mol. The molecule has 2 unspecified atom stereocenters. The Hall–Kier alpha value is -0.120. The van der Waals surface area contributed by atoms with Crippen molar-refractivity contribution in [2.75, 3.05) is 13.7 Å². The van der Waals surface area contributed by atoms with Crippen LogP contribution in [-0.2, 0) is 9.47 Å². The lowest BCUT2D eigenvalue weighted by molar-refractivity contribution is -0.122. The molecule has 0 radical (unpaired) electrons. The zero-order chi connectivity index (χ0) is 8.69. The molecular weight excluding hydrogens is 144 g/mol. The number of hydrogen-bond donors (Lipinski definition) is 1. The van der Waals surface area contributed by atoms with Gasteiger partial charge in [0.05, 0.1) is 12.7 Å². The topological polar surface area (TPSA) is 38.7 Å². The van der Waals surface area contributed by atoms with Gasteiger partial charge < -0.3 is 14.6 Å². The molecule has 68 valence electrons. The Balaban J connectivity index is 0.000000461. The maximum absolute atomic E-state index is 8.60. The van der Waals surface area contributed by atoms with Gasteiger partial charge in [-0.25, -0.2) is 0 Å². The molecule has 1 fully saturated rings. The minimum atomic E-state index is -0.0813. The van der Waals surface area contributed by atoms with Crippen LogP contribution in [-0.4, -0.2) is 31.2 Å². The average molecular weight is 162 g/mol. The van der Waals surface area contributed by atoms with Crippen molar-refractivity contribution in [1.82, 2.24) is 0 Å². The number of aliphatic hydroxyl groups is 1. The first-order valence-electron chi connectivity index (χ1n) is 4.16. The van der Waals surface area contributed by atoms with E-state index in [4.69, 9.17) is 14.6 Å². The Bertz CT molecular complexity index is 75.4. The first-order chi connectivity index (χ1) is 5.36. The van der Waals surface area contributed by atoms with Gasteiger partial charge in [0.2, 0.25) is 0 Å². The van der Waals surface area contributed by atoms with Crippen molar-refractivity contribution in [3.8, 4) is 0 Å². The summed E-state index contributed by atoms with van der Waals surface area (Å²) in [5.41, 5.74) is 0. The van der Waals surface area contributed by atoms with Gasteiger partial charge in [0.15, 0.2) is 6.29 Å². The quantitative estimate of drug-likeness (QED) is 0.662. The summed E-state index contributed by atoms with van der Waals surface area (Å²) in [5, 5.41) is 8.60. The second kappa shape index (κ2) is 6.58. The Morgan fingerprint density at radius 1 is 1.45 bits per heavy atom. The van der Waals surface area contributed by atoms with Crippen LogP contribution in [0.2, 0.25) is 0 Å². The van der Waals surface area contributed by atoms with E-state index in [0.717, 1.165) is 12.8 Å². The molecule has 0 saturated carbocycles. The number of hydrogen-bond acceptors (Lipinski definition) is 3. The van der Waals surface area contributed by atoms with Crippen molar-refractivity contribution < 1.29 is 14.6 Å². The first kappa shape index (κ1) is 10.9. The molecule has 2 atom stereocenters. The number of rotatable bonds is 2. The molecule has 0 aliphatic carbocycles. The predicted octanol–water partition coefficient (Wildman–Crippen LogP) is 1.16. The number of aliphatic hydroxyl groups excluding tert-OH is 1. The van der Waals surface area contributed by atoms with E-state index in [1.807, 2.05) is 13.8 Å². The van der Waals surface area contributed by atoms with Crippen LogP contribution in [0.25, 0.3) is 0 Å². The first-order valence-corrected chi connectivity index (χ1v) is 4.16. The van der Waals surface area contributed by atoms with Crippen molar-refractivity contribution in [2.45, 2.75) is 39.1 Å². The molecule has 0 aromatic carbocycles. The van der Waals surface area contributed by atoms with Gasteiger partial charge in [-0.2, -0.15) is 0 Å². The Morgan fingerprint density at radius 2 is 2.09 bits per heavy atom. The smallest absolute Gasteiger partial charge is 0.157 e. The van der Waals surface area contributed by atoms with Crippen LogP contribution in [0.15, 0.2) is 0 Å². The maximum atomic E-state index is 8.60. The van der Waals surface area contributed by atoms with E-state index in [-0.39, 0.29) is 19.0 Å². The lowest BCUT2D eigenvalue weighted by Gasteiger charge is -2.08. The highest BCUT2D eigenvalue weighted by Crippen LogP contribution is 2.18. The van der Waals surface area contributed by atoms with Crippen molar-refractivity contribution in [2.24, 2.45) is 0 Å². The molecule has 3 nitrogen and oxygen atoms in total. The fourth-order valence-electron chi connectivity index (χ4n) is 0.980.